The summed E-state index contributed by atoms with van der Waals surface area (Å²) in [7, 11) is 0. The molecule has 2 aromatic rings. The number of aromatic nitrogens is 2. The van der Waals surface area contributed by atoms with Gasteiger partial charge in [-0.3, -0.25) is 4.90 Å². The quantitative estimate of drug-likeness (QED) is 0.795. The van der Waals surface area contributed by atoms with E-state index in [1.807, 2.05) is 0 Å². The largest absolute Gasteiger partial charge is 0.356 e. The maximum Gasteiger partial charge on any atom is 0.227 e. The van der Waals surface area contributed by atoms with Crippen LogP contribution in [0.4, 0.5) is 11.8 Å². The number of piperazine rings is 1. The van der Waals surface area contributed by atoms with Crippen molar-refractivity contribution >= 4 is 17.8 Å². The van der Waals surface area contributed by atoms with Crippen molar-refractivity contribution < 1.29 is 0 Å². The zero-order valence-corrected chi connectivity index (χ0v) is 16.9. The van der Waals surface area contributed by atoms with Crippen molar-refractivity contribution in [1.29, 1.82) is 0 Å². The van der Waals surface area contributed by atoms with Crippen molar-refractivity contribution in [1.82, 2.24) is 14.9 Å². The van der Waals surface area contributed by atoms with Crippen molar-refractivity contribution in [3.05, 3.63) is 53.7 Å². The van der Waals surface area contributed by atoms with Gasteiger partial charge < -0.3 is 9.80 Å². The Hall–Kier alpha value is -2.40. The Labute approximate surface area is 168 Å². The third-order valence-electron chi connectivity index (χ3n) is 5.64. The lowest BCUT2D eigenvalue weighted by Crippen LogP contribution is -2.47. The molecule has 2 saturated heterocycles. The van der Waals surface area contributed by atoms with Crippen LogP contribution in [0.25, 0.3) is 6.08 Å². The molecule has 0 radical (unpaired) electrons. The summed E-state index contributed by atoms with van der Waals surface area (Å²) in [6, 6.07) is 12.6. The van der Waals surface area contributed by atoms with Gasteiger partial charge in [-0.05, 0) is 31.7 Å². The Bertz CT molecular complexity index is 775. The predicted molar refractivity (Wildman–Crippen MR) is 117 cm³/mol. The normalized spacial score (nSPS) is 18.8. The van der Waals surface area contributed by atoms with Gasteiger partial charge in [-0.2, -0.15) is 4.98 Å². The van der Waals surface area contributed by atoms with Gasteiger partial charge in [0.25, 0.3) is 0 Å². The van der Waals surface area contributed by atoms with E-state index >= 15 is 0 Å². The molecule has 0 spiro atoms. The molecule has 0 bridgehead atoms. The first kappa shape index (κ1) is 18.9. The molecular weight excluding hydrogens is 346 g/mol. The number of aryl methyl sites for hydroxylation is 1. The lowest BCUT2D eigenvalue weighted by atomic mass is 10.1. The fourth-order valence-electron chi connectivity index (χ4n) is 4.00. The van der Waals surface area contributed by atoms with E-state index in [0.717, 1.165) is 63.3 Å². The molecule has 4 rings (SSSR count). The van der Waals surface area contributed by atoms with Crippen molar-refractivity contribution in [2.75, 3.05) is 55.6 Å². The minimum atomic E-state index is 0.903. The van der Waals surface area contributed by atoms with Gasteiger partial charge in [0, 0.05) is 57.6 Å². The zero-order chi connectivity index (χ0) is 19.2. The molecule has 3 heterocycles. The molecule has 5 nitrogen and oxygen atoms in total. The molecule has 1 aromatic carbocycles. The highest BCUT2D eigenvalue weighted by Gasteiger charge is 2.20. The monoisotopic (exact) mass is 377 g/mol. The number of nitrogens with zero attached hydrogens (tertiary/aromatic N) is 5. The molecule has 1 aromatic heterocycles. The van der Waals surface area contributed by atoms with Crippen LogP contribution in [0.15, 0.2) is 42.5 Å². The van der Waals surface area contributed by atoms with Gasteiger partial charge >= 0.3 is 0 Å². The highest BCUT2D eigenvalue weighted by molar-refractivity contribution is 5.49. The third kappa shape index (κ3) is 4.90. The van der Waals surface area contributed by atoms with E-state index in [0.29, 0.717) is 0 Å². The molecule has 148 valence electrons. The van der Waals surface area contributed by atoms with E-state index in [1.54, 1.807) is 0 Å². The summed E-state index contributed by atoms with van der Waals surface area (Å²) in [5.41, 5.74) is 2.33. The highest BCUT2D eigenvalue weighted by Crippen LogP contribution is 2.22. The average Bonchev–Trinajstić information content (AvgIpc) is 2.75. The molecular formula is C23H31N5. The van der Waals surface area contributed by atoms with Crippen LogP contribution in [0, 0.1) is 6.92 Å². The summed E-state index contributed by atoms with van der Waals surface area (Å²) >= 11 is 0. The summed E-state index contributed by atoms with van der Waals surface area (Å²) in [6.07, 6.45) is 8.36. The SMILES string of the molecule is Cc1cc(N2CCCCC2)nc(N2CCN(C/C=C/c3ccccc3)CC2)n1. The average molecular weight is 378 g/mol. The molecule has 2 aliphatic heterocycles. The predicted octanol–water partition coefficient (Wildman–Crippen LogP) is 3.61. The van der Waals surface area contributed by atoms with Gasteiger partial charge in [-0.25, -0.2) is 4.98 Å². The summed E-state index contributed by atoms with van der Waals surface area (Å²) in [5, 5.41) is 0. The van der Waals surface area contributed by atoms with Crippen LogP contribution in [0.3, 0.4) is 0 Å². The van der Waals surface area contributed by atoms with Crippen molar-refractivity contribution in [3.63, 3.8) is 0 Å². The molecule has 2 aliphatic rings. The molecule has 0 unspecified atom stereocenters. The summed E-state index contributed by atoms with van der Waals surface area (Å²) in [4.78, 5) is 16.9. The minimum absolute atomic E-state index is 0.903. The van der Waals surface area contributed by atoms with Crippen LogP contribution in [0.2, 0.25) is 0 Å². The van der Waals surface area contributed by atoms with Gasteiger partial charge in [0.2, 0.25) is 5.95 Å². The minimum Gasteiger partial charge on any atom is -0.356 e. The fraction of sp³-hybridized carbons (Fsp3) is 0.478. The van der Waals surface area contributed by atoms with Gasteiger partial charge in [0.05, 0.1) is 0 Å². The van der Waals surface area contributed by atoms with Crippen molar-refractivity contribution in [3.8, 4) is 0 Å². The van der Waals surface area contributed by atoms with Crippen LogP contribution < -0.4 is 9.80 Å². The van der Waals surface area contributed by atoms with E-state index in [1.165, 1.54) is 24.8 Å². The van der Waals surface area contributed by atoms with E-state index < -0.39 is 0 Å². The van der Waals surface area contributed by atoms with E-state index in [9.17, 15) is 0 Å². The van der Waals surface area contributed by atoms with Gasteiger partial charge in [0.15, 0.2) is 0 Å². The summed E-state index contributed by atoms with van der Waals surface area (Å²) in [5.74, 6) is 2.01. The zero-order valence-electron chi connectivity index (χ0n) is 16.9. The molecule has 0 amide bonds. The Morgan fingerprint density at radius 3 is 2.36 bits per heavy atom. The maximum absolute atomic E-state index is 4.92. The van der Waals surface area contributed by atoms with E-state index in [2.05, 4.69) is 70.2 Å². The van der Waals surface area contributed by atoms with Crippen LogP contribution in [0.5, 0.6) is 0 Å². The Kier molecular flexibility index (Phi) is 6.22. The van der Waals surface area contributed by atoms with E-state index in [4.69, 9.17) is 9.97 Å². The number of hydrogen-bond acceptors (Lipinski definition) is 5. The van der Waals surface area contributed by atoms with Crippen molar-refractivity contribution in [2.45, 2.75) is 26.2 Å². The number of anilines is 2. The second-order valence-electron chi connectivity index (χ2n) is 7.82. The lowest BCUT2D eigenvalue weighted by molar-refractivity contribution is 0.283. The first-order chi connectivity index (χ1) is 13.8. The molecule has 0 saturated carbocycles. The van der Waals surface area contributed by atoms with Crippen LogP contribution >= 0.6 is 0 Å². The molecule has 0 N–H and O–H groups in total. The number of benzene rings is 1. The molecule has 2 fully saturated rings. The first-order valence-electron chi connectivity index (χ1n) is 10.6. The summed E-state index contributed by atoms with van der Waals surface area (Å²) < 4.78 is 0. The second kappa shape index (κ2) is 9.20. The third-order valence-corrected chi connectivity index (χ3v) is 5.64. The topological polar surface area (TPSA) is 35.5 Å². The van der Waals surface area contributed by atoms with Crippen LogP contribution in [-0.2, 0) is 0 Å². The molecule has 5 heteroatoms. The van der Waals surface area contributed by atoms with Gasteiger partial charge in [-0.1, -0.05) is 42.5 Å². The Morgan fingerprint density at radius 2 is 1.61 bits per heavy atom. The fourth-order valence-corrected chi connectivity index (χ4v) is 4.00. The Balaban J connectivity index is 1.33. The second-order valence-corrected chi connectivity index (χ2v) is 7.82. The molecule has 0 aliphatic carbocycles. The number of rotatable bonds is 5. The van der Waals surface area contributed by atoms with Gasteiger partial charge in [0.1, 0.15) is 5.82 Å². The van der Waals surface area contributed by atoms with Crippen molar-refractivity contribution in [2.24, 2.45) is 0 Å². The number of hydrogen-bond donors (Lipinski definition) is 0. The summed E-state index contributed by atoms with van der Waals surface area (Å²) in [6.45, 7) is 9.41. The van der Waals surface area contributed by atoms with Crippen LogP contribution in [-0.4, -0.2) is 60.7 Å². The molecule has 0 atom stereocenters. The highest BCUT2D eigenvalue weighted by atomic mass is 15.3. The van der Waals surface area contributed by atoms with E-state index in [-0.39, 0.29) is 0 Å². The Morgan fingerprint density at radius 1 is 0.857 bits per heavy atom. The number of piperidine rings is 1. The smallest absolute Gasteiger partial charge is 0.227 e. The maximum atomic E-state index is 4.92. The lowest BCUT2D eigenvalue weighted by Gasteiger charge is -2.35. The van der Waals surface area contributed by atoms with Crippen LogP contribution in [0.1, 0.15) is 30.5 Å². The van der Waals surface area contributed by atoms with Gasteiger partial charge in [-0.15, -0.1) is 0 Å². The standard InChI is InChI=1S/C23H31N5/c1-20-19-22(27-13-6-3-7-14-27)25-23(24-20)28-17-15-26(16-18-28)12-8-11-21-9-4-2-5-10-21/h2,4-5,8-11,19H,3,6-7,12-18H2,1H3/b11-8+. The molecule has 28 heavy (non-hydrogen) atoms. The first-order valence-corrected chi connectivity index (χ1v) is 10.6.